The zero-order chi connectivity index (χ0) is 13.2. The molecule has 0 spiro atoms. The molecule has 0 radical (unpaired) electrons. The standard InChI is InChI=1S/C12H14F3NOS/c1-17-10-4-3-9(8-16-5-2-6-16)7-11(10)18-12(13,14)15/h3-4,7H,2,5-6,8H2,1H3. The Bertz CT molecular complexity index is 418. The lowest BCUT2D eigenvalue weighted by Gasteiger charge is -2.30. The Kier molecular flexibility index (Phi) is 4.07. The average molecular weight is 277 g/mol. The second-order valence-electron chi connectivity index (χ2n) is 4.16. The molecule has 6 heteroatoms. The maximum Gasteiger partial charge on any atom is 0.446 e. The van der Waals surface area contributed by atoms with Crippen molar-refractivity contribution >= 4 is 11.8 Å². The van der Waals surface area contributed by atoms with Crippen molar-refractivity contribution in [1.29, 1.82) is 0 Å². The number of hydrogen-bond donors (Lipinski definition) is 0. The highest BCUT2D eigenvalue weighted by Crippen LogP contribution is 2.41. The number of hydrogen-bond acceptors (Lipinski definition) is 3. The summed E-state index contributed by atoms with van der Waals surface area (Å²) in [5.74, 6) is 0.268. The third-order valence-corrected chi connectivity index (χ3v) is 3.58. The van der Waals surface area contributed by atoms with E-state index in [0.717, 1.165) is 18.7 Å². The fourth-order valence-electron chi connectivity index (χ4n) is 1.82. The van der Waals surface area contributed by atoms with E-state index in [4.69, 9.17) is 4.74 Å². The van der Waals surface area contributed by atoms with Crippen molar-refractivity contribution < 1.29 is 17.9 Å². The minimum absolute atomic E-state index is 0.125. The zero-order valence-electron chi connectivity index (χ0n) is 9.96. The number of ether oxygens (including phenoxy) is 1. The number of benzene rings is 1. The van der Waals surface area contributed by atoms with Gasteiger partial charge < -0.3 is 4.74 Å². The molecule has 0 aliphatic carbocycles. The number of likely N-dealkylation sites (tertiary alicyclic amines) is 1. The molecule has 1 heterocycles. The Morgan fingerprint density at radius 2 is 2.06 bits per heavy atom. The molecule has 0 N–H and O–H groups in total. The van der Waals surface area contributed by atoms with Crippen molar-refractivity contribution in [1.82, 2.24) is 4.90 Å². The summed E-state index contributed by atoms with van der Waals surface area (Å²) in [5.41, 5.74) is -3.40. The molecule has 1 aliphatic rings. The lowest BCUT2D eigenvalue weighted by molar-refractivity contribution is -0.0328. The Labute approximate surface area is 108 Å². The molecule has 0 amide bonds. The Balaban J connectivity index is 2.15. The summed E-state index contributed by atoms with van der Waals surface area (Å²) in [6.07, 6.45) is 1.17. The average Bonchev–Trinajstić information content (AvgIpc) is 2.21. The Morgan fingerprint density at radius 1 is 1.33 bits per heavy atom. The molecule has 0 saturated carbocycles. The van der Waals surface area contributed by atoms with Gasteiger partial charge in [0.15, 0.2) is 0 Å². The number of halogens is 3. The van der Waals surface area contributed by atoms with Crippen LogP contribution >= 0.6 is 11.8 Å². The van der Waals surface area contributed by atoms with Crippen LogP contribution in [0, 0.1) is 0 Å². The number of methoxy groups -OCH3 is 1. The van der Waals surface area contributed by atoms with Crippen LogP contribution < -0.4 is 4.74 Å². The molecule has 0 aromatic heterocycles. The van der Waals surface area contributed by atoms with E-state index in [2.05, 4.69) is 4.90 Å². The first kappa shape index (κ1) is 13.5. The van der Waals surface area contributed by atoms with Crippen LogP contribution in [0.3, 0.4) is 0 Å². The second-order valence-corrected chi connectivity index (χ2v) is 5.27. The van der Waals surface area contributed by atoms with E-state index < -0.39 is 5.51 Å². The molecule has 1 saturated heterocycles. The normalized spacial score (nSPS) is 16.4. The van der Waals surface area contributed by atoms with Gasteiger partial charge in [-0.1, -0.05) is 6.07 Å². The zero-order valence-corrected chi connectivity index (χ0v) is 10.8. The summed E-state index contributed by atoms with van der Waals surface area (Å²) in [6.45, 7) is 2.75. The SMILES string of the molecule is COc1ccc(CN2CCC2)cc1SC(F)(F)F. The van der Waals surface area contributed by atoms with Gasteiger partial charge in [0.25, 0.3) is 0 Å². The van der Waals surface area contributed by atoms with Gasteiger partial charge in [-0.05, 0) is 49.0 Å². The van der Waals surface area contributed by atoms with Crippen LogP contribution in [0.4, 0.5) is 13.2 Å². The molecule has 18 heavy (non-hydrogen) atoms. The first-order chi connectivity index (χ1) is 8.48. The van der Waals surface area contributed by atoms with Gasteiger partial charge in [0, 0.05) is 6.54 Å². The van der Waals surface area contributed by atoms with E-state index in [0.29, 0.717) is 6.54 Å². The van der Waals surface area contributed by atoms with Crippen molar-refractivity contribution in [3.63, 3.8) is 0 Å². The quantitative estimate of drug-likeness (QED) is 0.781. The van der Waals surface area contributed by atoms with Crippen LogP contribution in [-0.4, -0.2) is 30.6 Å². The monoisotopic (exact) mass is 277 g/mol. The smallest absolute Gasteiger partial charge is 0.446 e. The molecule has 1 aliphatic heterocycles. The lowest BCUT2D eigenvalue weighted by Crippen LogP contribution is -2.36. The van der Waals surface area contributed by atoms with E-state index >= 15 is 0 Å². The summed E-state index contributed by atoms with van der Waals surface area (Å²) in [5, 5.41) is 0. The minimum atomic E-state index is -4.29. The first-order valence-electron chi connectivity index (χ1n) is 5.63. The summed E-state index contributed by atoms with van der Waals surface area (Å²) >= 11 is -0.125. The van der Waals surface area contributed by atoms with Crippen molar-refractivity contribution in [2.45, 2.75) is 23.4 Å². The molecule has 0 unspecified atom stereocenters. The van der Waals surface area contributed by atoms with Crippen molar-refractivity contribution in [3.05, 3.63) is 23.8 Å². The molecular formula is C12H14F3NOS. The van der Waals surface area contributed by atoms with Gasteiger partial charge in [0.2, 0.25) is 0 Å². The predicted octanol–water partition coefficient (Wildman–Crippen LogP) is 3.51. The van der Waals surface area contributed by atoms with Crippen LogP contribution in [0.2, 0.25) is 0 Å². The van der Waals surface area contributed by atoms with Gasteiger partial charge in [-0.3, -0.25) is 4.90 Å². The van der Waals surface area contributed by atoms with E-state index in [1.165, 1.54) is 13.5 Å². The Morgan fingerprint density at radius 3 is 2.56 bits per heavy atom. The van der Waals surface area contributed by atoms with E-state index in [9.17, 15) is 13.2 Å². The van der Waals surface area contributed by atoms with Gasteiger partial charge in [-0.15, -0.1) is 0 Å². The van der Waals surface area contributed by atoms with E-state index in [1.807, 2.05) is 6.07 Å². The maximum atomic E-state index is 12.4. The minimum Gasteiger partial charge on any atom is -0.496 e. The van der Waals surface area contributed by atoms with E-state index in [-0.39, 0.29) is 22.4 Å². The Hall–Kier alpha value is -0.880. The van der Waals surface area contributed by atoms with Gasteiger partial charge in [0.1, 0.15) is 5.75 Å². The summed E-state index contributed by atoms with van der Waals surface area (Å²) in [6, 6.07) is 4.98. The molecule has 2 nitrogen and oxygen atoms in total. The molecule has 1 fully saturated rings. The van der Waals surface area contributed by atoms with E-state index in [1.54, 1.807) is 12.1 Å². The molecule has 2 rings (SSSR count). The highest BCUT2D eigenvalue weighted by Gasteiger charge is 2.31. The molecule has 0 atom stereocenters. The van der Waals surface area contributed by atoms with Gasteiger partial charge in [-0.2, -0.15) is 13.2 Å². The van der Waals surface area contributed by atoms with Crippen molar-refractivity contribution in [2.24, 2.45) is 0 Å². The summed E-state index contributed by atoms with van der Waals surface area (Å²) in [7, 11) is 1.38. The number of nitrogens with zero attached hydrogens (tertiary/aromatic N) is 1. The second kappa shape index (κ2) is 5.40. The van der Waals surface area contributed by atoms with Gasteiger partial charge in [-0.25, -0.2) is 0 Å². The maximum absolute atomic E-state index is 12.4. The molecule has 1 aromatic rings. The molecule has 0 bridgehead atoms. The fraction of sp³-hybridized carbons (Fsp3) is 0.500. The predicted molar refractivity (Wildman–Crippen MR) is 64.8 cm³/mol. The first-order valence-corrected chi connectivity index (χ1v) is 6.44. The summed E-state index contributed by atoms with van der Waals surface area (Å²) in [4.78, 5) is 2.33. The number of rotatable bonds is 4. The molecule has 1 aromatic carbocycles. The largest absolute Gasteiger partial charge is 0.496 e. The highest BCUT2D eigenvalue weighted by atomic mass is 32.2. The topological polar surface area (TPSA) is 12.5 Å². The highest BCUT2D eigenvalue weighted by molar-refractivity contribution is 8.00. The fourth-order valence-corrected chi connectivity index (χ4v) is 2.53. The van der Waals surface area contributed by atoms with Crippen LogP contribution in [-0.2, 0) is 6.54 Å². The number of alkyl halides is 3. The molecule has 100 valence electrons. The van der Waals surface area contributed by atoms with Crippen LogP contribution in [0.5, 0.6) is 5.75 Å². The van der Waals surface area contributed by atoms with Crippen molar-refractivity contribution in [3.8, 4) is 5.75 Å². The number of thioether (sulfide) groups is 1. The van der Waals surface area contributed by atoms with Crippen LogP contribution in [0.15, 0.2) is 23.1 Å². The third-order valence-electron chi connectivity index (χ3n) is 2.81. The van der Waals surface area contributed by atoms with Crippen LogP contribution in [0.25, 0.3) is 0 Å². The molecular weight excluding hydrogens is 263 g/mol. The summed E-state index contributed by atoms with van der Waals surface area (Å²) < 4.78 is 42.2. The third kappa shape index (κ3) is 3.55. The van der Waals surface area contributed by atoms with Crippen LogP contribution in [0.1, 0.15) is 12.0 Å². The van der Waals surface area contributed by atoms with Crippen molar-refractivity contribution in [2.75, 3.05) is 20.2 Å². The lowest BCUT2D eigenvalue weighted by atomic mass is 10.1. The van der Waals surface area contributed by atoms with Gasteiger partial charge in [0.05, 0.1) is 12.0 Å². The van der Waals surface area contributed by atoms with Gasteiger partial charge >= 0.3 is 5.51 Å².